The minimum absolute atomic E-state index is 0.296. The lowest BCUT2D eigenvalue weighted by atomic mass is 10.6. The van der Waals surface area contributed by atoms with Crippen LogP contribution in [0.25, 0.3) is 0 Å². The van der Waals surface area contributed by atoms with Gasteiger partial charge in [0, 0.05) is 13.6 Å². The highest BCUT2D eigenvalue weighted by atomic mass is 16.4. The van der Waals surface area contributed by atoms with Gasteiger partial charge in [-0.15, -0.1) is 5.10 Å². The molecule has 0 aliphatic rings. The van der Waals surface area contributed by atoms with Crippen LogP contribution in [0.5, 0.6) is 0 Å². The molecule has 0 bridgehead atoms. The van der Waals surface area contributed by atoms with Crippen LogP contribution < -0.4 is 10.6 Å². The Hall–Kier alpha value is -1.10. The van der Waals surface area contributed by atoms with E-state index in [1.165, 1.54) is 0 Å². The van der Waals surface area contributed by atoms with Crippen molar-refractivity contribution in [1.82, 2.24) is 10.2 Å². The smallest absolute Gasteiger partial charge is 0.317 e. The van der Waals surface area contributed by atoms with Gasteiger partial charge in [0.2, 0.25) is 5.89 Å². The molecule has 0 atom stereocenters. The second-order valence-corrected chi connectivity index (χ2v) is 2.20. The van der Waals surface area contributed by atoms with Gasteiger partial charge in [-0.1, -0.05) is 5.10 Å². The van der Waals surface area contributed by atoms with E-state index < -0.39 is 0 Å². The minimum atomic E-state index is 0.296. The molecule has 0 spiro atoms. The topological polar surface area (TPSA) is 68.2 Å². The zero-order valence-electron chi connectivity index (χ0n) is 6.74. The quantitative estimate of drug-likeness (QED) is 0.666. The lowest BCUT2D eigenvalue weighted by Crippen LogP contribution is -2.15. The largest absolute Gasteiger partial charge is 0.407 e. The zero-order chi connectivity index (χ0) is 8.27. The Morgan fingerprint density at radius 3 is 2.73 bits per heavy atom. The first-order chi connectivity index (χ1) is 5.27. The molecule has 1 aromatic rings. The molecule has 0 aromatic carbocycles. The van der Waals surface area contributed by atoms with Crippen molar-refractivity contribution >= 4 is 6.01 Å². The summed E-state index contributed by atoms with van der Waals surface area (Å²) in [6.07, 6.45) is 0. The molecule has 62 valence electrons. The molecule has 2 N–H and O–H groups in total. The molecule has 0 fully saturated rings. The van der Waals surface area contributed by atoms with Crippen molar-refractivity contribution in [2.24, 2.45) is 5.73 Å². The highest BCUT2D eigenvalue weighted by Crippen LogP contribution is 2.08. The van der Waals surface area contributed by atoms with Gasteiger partial charge in [-0.05, 0) is 6.92 Å². The van der Waals surface area contributed by atoms with Crippen molar-refractivity contribution in [1.29, 1.82) is 0 Å². The highest BCUT2D eigenvalue weighted by Gasteiger charge is 2.06. The fourth-order valence-electron chi connectivity index (χ4n) is 0.617. The average molecular weight is 156 g/mol. The maximum absolute atomic E-state index is 5.29. The van der Waals surface area contributed by atoms with Crippen molar-refractivity contribution in [2.45, 2.75) is 13.5 Å². The molecule has 0 saturated heterocycles. The number of aromatic nitrogens is 2. The summed E-state index contributed by atoms with van der Waals surface area (Å²) < 4.78 is 5.16. The van der Waals surface area contributed by atoms with Gasteiger partial charge in [0.25, 0.3) is 0 Å². The third kappa shape index (κ3) is 1.68. The molecule has 0 aliphatic heterocycles. The molecule has 0 aliphatic carbocycles. The van der Waals surface area contributed by atoms with E-state index in [-0.39, 0.29) is 0 Å². The monoisotopic (exact) mass is 156 g/mol. The summed E-state index contributed by atoms with van der Waals surface area (Å²) in [5, 5.41) is 7.51. The van der Waals surface area contributed by atoms with Gasteiger partial charge in [-0.25, -0.2) is 0 Å². The van der Waals surface area contributed by atoms with E-state index in [1.807, 2.05) is 18.9 Å². The Balaban J connectivity index is 2.71. The van der Waals surface area contributed by atoms with Gasteiger partial charge < -0.3 is 15.1 Å². The van der Waals surface area contributed by atoms with Crippen LogP contribution in [0.4, 0.5) is 6.01 Å². The SMILES string of the molecule is CCN(C)c1nnc(CN)o1. The molecule has 0 unspecified atom stereocenters. The Labute approximate surface area is 65.2 Å². The first kappa shape index (κ1) is 8.00. The molecular formula is C6H12N4O. The standard InChI is InChI=1S/C6H12N4O/c1-3-10(2)6-9-8-5(4-7)11-6/h3-4,7H2,1-2H3. The molecule has 0 radical (unpaired) electrons. The van der Waals surface area contributed by atoms with Crippen LogP contribution in [-0.4, -0.2) is 23.8 Å². The lowest BCUT2D eigenvalue weighted by molar-refractivity contribution is 0.493. The predicted octanol–water partition coefficient (Wildman–Crippen LogP) is -0.0156. The Kier molecular flexibility index (Phi) is 2.43. The van der Waals surface area contributed by atoms with Crippen molar-refractivity contribution in [3.05, 3.63) is 5.89 Å². The molecule has 1 heterocycles. The molecule has 11 heavy (non-hydrogen) atoms. The number of hydrogen-bond acceptors (Lipinski definition) is 5. The van der Waals surface area contributed by atoms with Crippen molar-refractivity contribution < 1.29 is 4.42 Å². The maximum atomic E-state index is 5.29. The maximum Gasteiger partial charge on any atom is 0.317 e. The van der Waals surface area contributed by atoms with Gasteiger partial charge in [0.15, 0.2) is 0 Å². The highest BCUT2D eigenvalue weighted by molar-refractivity contribution is 5.20. The van der Waals surface area contributed by atoms with E-state index in [9.17, 15) is 0 Å². The third-order valence-electron chi connectivity index (χ3n) is 1.43. The third-order valence-corrected chi connectivity index (χ3v) is 1.43. The predicted molar refractivity (Wildman–Crippen MR) is 41.1 cm³/mol. The van der Waals surface area contributed by atoms with E-state index in [1.54, 1.807) is 0 Å². The average Bonchev–Trinajstić information content (AvgIpc) is 2.50. The number of anilines is 1. The Morgan fingerprint density at radius 2 is 2.27 bits per heavy atom. The first-order valence-electron chi connectivity index (χ1n) is 3.51. The van der Waals surface area contributed by atoms with E-state index in [4.69, 9.17) is 10.2 Å². The normalized spacial score (nSPS) is 10.1. The van der Waals surface area contributed by atoms with Gasteiger partial charge in [0.1, 0.15) is 0 Å². The number of hydrogen-bond donors (Lipinski definition) is 1. The molecule has 5 heteroatoms. The minimum Gasteiger partial charge on any atom is -0.407 e. The summed E-state index contributed by atoms with van der Waals surface area (Å²) in [6, 6.07) is 0.521. The molecule has 1 aromatic heterocycles. The van der Waals surface area contributed by atoms with Crippen LogP contribution >= 0.6 is 0 Å². The van der Waals surface area contributed by atoms with E-state index in [0.29, 0.717) is 18.5 Å². The number of nitrogens with two attached hydrogens (primary N) is 1. The fraction of sp³-hybridized carbons (Fsp3) is 0.667. The van der Waals surface area contributed by atoms with Crippen molar-refractivity contribution in [3.63, 3.8) is 0 Å². The molecule has 0 amide bonds. The molecule has 0 saturated carbocycles. The van der Waals surface area contributed by atoms with Gasteiger partial charge >= 0.3 is 6.01 Å². The van der Waals surface area contributed by atoms with Gasteiger partial charge in [0.05, 0.1) is 6.54 Å². The summed E-state index contributed by atoms with van der Waals surface area (Å²) in [5.74, 6) is 0.473. The fourth-order valence-corrected chi connectivity index (χ4v) is 0.617. The van der Waals surface area contributed by atoms with E-state index >= 15 is 0 Å². The summed E-state index contributed by atoms with van der Waals surface area (Å²) in [7, 11) is 1.88. The zero-order valence-corrected chi connectivity index (χ0v) is 6.74. The second kappa shape index (κ2) is 3.34. The molecule has 1 rings (SSSR count). The Bertz CT molecular complexity index is 222. The van der Waals surface area contributed by atoms with Crippen molar-refractivity contribution in [3.8, 4) is 0 Å². The van der Waals surface area contributed by atoms with Gasteiger partial charge in [-0.3, -0.25) is 0 Å². The van der Waals surface area contributed by atoms with Crippen LogP contribution in [0.2, 0.25) is 0 Å². The Morgan fingerprint density at radius 1 is 1.55 bits per heavy atom. The van der Waals surface area contributed by atoms with Crippen LogP contribution in [0.15, 0.2) is 4.42 Å². The van der Waals surface area contributed by atoms with Gasteiger partial charge in [-0.2, -0.15) is 0 Å². The first-order valence-corrected chi connectivity index (χ1v) is 3.51. The number of nitrogens with zero attached hydrogens (tertiary/aromatic N) is 3. The second-order valence-electron chi connectivity index (χ2n) is 2.20. The van der Waals surface area contributed by atoms with Crippen molar-refractivity contribution in [2.75, 3.05) is 18.5 Å². The van der Waals surface area contributed by atoms with Crippen LogP contribution in [0.3, 0.4) is 0 Å². The molecule has 5 nitrogen and oxygen atoms in total. The van der Waals surface area contributed by atoms with Crippen LogP contribution in [0.1, 0.15) is 12.8 Å². The lowest BCUT2D eigenvalue weighted by Gasteiger charge is -2.08. The summed E-state index contributed by atoms with van der Waals surface area (Å²) in [6.45, 7) is 3.14. The molecular weight excluding hydrogens is 144 g/mol. The van der Waals surface area contributed by atoms with E-state index in [2.05, 4.69) is 10.2 Å². The number of rotatable bonds is 3. The summed E-state index contributed by atoms with van der Waals surface area (Å²) in [5.41, 5.74) is 5.29. The summed E-state index contributed by atoms with van der Waals surface area (Å²) >= 11 is 0. The van der Waals surface area contributed by atoms with E-state index in [0.717, 1.165) is 6.54 Å². The summed E-state index contributed by atoms with van der Waals surface area (Å²) in [4.78, 5) is 1.85. The van der Waals surface area contributed by atoms with Crippen LogP contribution in [0, 0.1) is 0 Å². The van der Waals surface area contributed by atoms with Crippen LogP contribution in [-0.2, 0) is 6.54 Å².